The molecular weight excluding hydrogens is 297 g/mol. The van der Waals surface area contributed by atoms with E-state index in [1.807, 2.05) is 6.07 Å². The zero-order valence-electron chi connectivity index (χ0n) is 11.3. The highest BCUT2D eigenvalue weighted by Crippen LogP contribution is 2.22. The van der Waals surface area contributed by atoms with E-state index in [1.165, 1.54) is 0 Å². The van der Waals surface area contributed by atoms with E-state index >= 15 is 0 Å². The largest absolute Gasteiger partial charge is 0.390 e. The quantitative estimate of drug-likeness (QED) is 0.888. The fourth-order valence-electron chi connectivity index (χ4n) is 2.05. The highest BCUT2D eigenvalue weighted by Gasteiger charge is 2.13. The van der Waals surface area contributed by atoms with E-state index in [-0.39, 0.29) is 6.61 Å². The van der Waals surface area contributed by atoms with Gasteiger partial charge in [-0.15, -0.1) is 5.10 Å². The Bertz CT molecular complexity index is 584. The van der Waals surface area contributed by atoms with Gasteiger partial charge in [0.15, 0.2) is 0 Å². The number of aliphatic hydroxyl groups is 1. The molecule has 2 aromatic rings. The fraction of sp³-hybridized carbons (Fsp3) is 0.429. The minimum Gasteiger partial charge on any atom is -0.390 e. The Balaban J connectivity index is 2.26. The maximum Gasteiger partial charge on any atom is 0.111 e. The van der Waals surface area contributed by atoms with Gasteiger partial charge in [0.2, 0.25) is 0 Å². The van der Waals surface area contributed by atoms with Crippen molar-refractivity contribution < 1.29 is 5.11 Å². The number of nitrogens with zero attached hydrogens (tertiary/aromatic N) is 3. The van der Waals surface area contributed by atoms with Crippen molar-refractivity contribution in [3.63, 3.8) is 0 Å². The van der Waals surface area contributed by atoms with E-state index < -0.39 is 0 Å². The lowest BCUT2D eigenvalue weighted by Crippen LogP contribution is -2.08. The van der Waals surface area contributed by atoms with Crippen LogP contribution in [0.1, 0.15) is 36.7 Å². The van der Waals surface area contributed by atoms with Gasteiger partial charge < -0.3 is 5.11 Å². The zero-order valence-corrected chi connectivity index (χ0v) is 12.8. The summed E-state index contributed by atoms with van der Waals surface area (Å²) in [5, 5.41) is 18.7. The predicted molar refractivity (Wildman–Crippen MR) is 80.1 cm³/mol. The third-order valence-corrected chi connectivity index (χ3v) is 3.76. The molecule has 0 spiro atoms. The summed E-state index contributed by atoms with van der Waals surface area (Å²) >= 11 is 12.1. The molecule has 20 heavy (non-hydrogen) atoms. The molecule has 0 saturated heterocycles. The molecule has 4 nitrogen and oxygen atoms in total. The molecule has 1 aromatic heterocycles. The molecule has 1 aromatic carbocycles. The maximum absolute atomic E-state index is 9.33. The Morgan fingerprint density at radius 2 is 2.10 bits per heavy atom. The van der Waals surface area contributed by atoms with Gasteiger partial charge in [0.05, 0.1) is 18.8 Å². The van der Waals surface area contributed by atoms with Crippen molar-refractivity contribution in [3.05, 3.63) is 45.2 Å². The lowest BCUT2D eigenvalue weighted by atomic mass is 10.1. The molecule has 0 fully saturated rings. The molecule has 0 bridgehead atoms. The van der Waals surface area contributed by atoms with Gasteiger partial charge in [-0.3, -0.25) is 0 Å². The molecule has 6 heteroatoms. The van der Waals surface area contributed by atoms with Crippen molar-refractivity contribution >= 4 is 23.2 Å². The minimum atomic E-state index is -0.0899. The molecule has 0 aliphatic carbocycles. The monoisotopic (exact) mass is 313 g/mol. The minimum absolute atomic E-state index is 0.0899. The lowest BCUT2D eigenvalue weighted by molar-refractivity contribution is 0.275. The first-order valence-corrected chi connectivity index (χ1v) is 7.37. The average molecular weight is 314 g/mol. The Morgan fingerprint density at radius 1 is 1.30 bits per heavy atom. The van der Waals surface area contributed by atoms with Crippen molar-refractivity contribution in [2.75, 3.05) is 0 Å². The van der Waals surface area contributed by atoms with E-state index in [0.29, 0.717) is 22.3 Å². The summed E-state index contributed by atoms with van der Waals surface area (Å²) in [6.45, 7) is 2.57. The smallest absolute Gasteiger partial charge is 0.111 e. The van der Waals surface area contributed by atoms with Crippen LogP contribution in [0.2, 0.25) is 10.0 Å². The first kappa shape index (κ1) is 15.3. The molecule has 0 amide bonds. The number of hydrogen-bond donors (Lipinski definition) is 1. The molecule has 2 rings (SSSR count). The third kappa shape index (κ3) is 3.51. The highest BCUT2D eigenvalue weighted by molar-refractivity contribution is 6.35. The van der Waals surface area contributed by atoms with Gasteiger partial charge in [0.25, 0.3) is 0 Å². The number of hydrogen-bond acceptors (Lipinski definition) is 3. The first-order chi connectivity index (χ1) is 9.65. The van der Waals surface area contributed by atoms with Crippen LogP contribution in [0, 0.1) is 0 Å². The van der Waals surface area contributed by atoms with Crippen LogP contribution in [0.15, 0.2) is 18.2 Å². The summed E-state index contributed by atoms with van der Waals surface area (Å²) in [5.74, 6) is 0. The molecule has 0 saturated carbocycles. The highest BCUT2D eigenvalue weighted by atomic mass is 35.5. The molecule has 0 radical (unpaired) electrons. The van der Waals surface area contributed by atoms with Gasteiger partial charge in [-0.2, -0.15) is 0 Å². The Hall–Kier alpha value is -1.10. The first-order valence-electron chi connectivity index (χ1n) is 6.61. The van der Waals surface area contributed by atoms with Crippen molar-refractivity contribution in [3.8, 4) is 0 Å². The van der Waals surface area contributed by atoms with Gasteiger partial charge in [0, 0.05) is 10.0 Å². The molecule has 0 aliphatic rings. The van der Waals surface area contributed by atoms with Crippen LogP contribution < -0.4 is 0 Å². The molecule has 1 heterocycles. The van der Waals surface area contributed by atoms with Crippen LogP contribution in [-0.4, -0.2) is 20.1 Å². The number of aliphatic hydroxyl groups excluding tert-OH is 1. The Morgan fingerprint density at radius 3 is 2.75 bits per heavy atom. The summed E-state index contributed by atoms with van der Waals surface area (Å²) in [7, 11) is 0. The molecule has 108 valence electrons. The number of benzene rings is 1. The van der Waals surface area contributed by atoms with Crippen LogP contribution >= 0.6 is 23.2 Å². The zero-order chi connectivity index (χ0) is 14.5. The average Bonchev–Trinajstić information content (AvgIpc) is 2.81. The van der Waals surface area contributed by atoms with Crippen LogP contribution in [0.5, 0.6) is 0 Å². The molecule has 0 unspecified atom stereocenters. The van der Waals surface area contributed by atoms with Gasteiger partial charge >= 0.3 is 0 Å². The summed E-state index contributed by atoms with van der Waals surface area (Å²) < 4.78 is 1.80. The van der Waals surface area contributed by atoms with Crippen molar-refractivity contribution in [1.82, 2.24) is 15.0 Å². The third-order valence-electron chi connectivity index (χ3n) is 3.17. The second kappa shape index (κ2) is 7.07. The number of aromatic nitrogens is 3. The summed E-state index contributed by atoms with van der Waals surface area (Å²) in [6, 6.07) is 5.40. The molecule has 0 atom stereocenters. The normalized spacial score (nSPS) is 11.0. The SMILES string of the molecule is CCCCc1c(CO)nnn1Cc1ccc(Cl)cc1Cl. The number of rotatable bonds is 6. The van der Waals surface area contributed by atoms with E-state index in [0.717, 1.165) is 30.5 Å². The van der Waals surface area contributed by atoms with Crippen molar-refractivity contribution in [2.45, 2.75) is 39.3 Å². The maximum atomic E-state index is 9.33. The standard InChI is InChI=1S/C14H17Cl2N3O/c1-2-3-4-14-13(9-20)17-18-19(14)8-10-5-6-11(15)7-12(10)16/h5-7,20H,2-4,8-9H2,1H3. The fourth-order valence-corrected chi connectivity index (χ4v) is 2.52. The van der Waals surface area contributed by atoms with E-state index in [4.69, 9.17) is 23.2 Å². The molecule has 0 aliphatic heterocycles. The van der Waals surface area contributed by atoms with Gasteiger partial charge in [0.1, 0.15) is 5.69 Å². The summed E-state index contributed by atoms with van der Waals surface area (Å²) in [4.78, 5) is 0. The van der Waals surface area contributed by atoms with E-state index in [9.17, 15) is 5.11 Å². The Kier molecular flexibility index (Phi) is 5.40. The van der Waals surface area contributed by atoms with Gasteiger partial charge in [-0.25, -0.2) is 4.68 Å². The van der Waals surface area contributed by atoms with Crippen LogP contribution in [0.3, 0.4) is 0 Å². The molecule has 1 N–H and O–H groups in total. The van der Waals surface area contributed by atoms with Crippen molar-refractivity contribution in [1.29, 1.82) is 0 Å². The lowest BCUT2D eigenvalue weighted by Gasteiger charge is -2.09. The van der Waals surface area contributed by atoms with Crippen LogP contribution in [0.25, 0.3) is 0 Å². The van der Waals surface area contributed by atoms with Crippen molar-refractivity contribution in [2.24, 2.45) is 0 Å². The molecular formula is C14H17Cl2N3O. The topological polar surface area (TPSA) is 50.9 Å². The predicted octanol–water partition coefficient (Wildman–Crippen LogP) is 3.47. The summed E-state index contributed by atoms with van der Waals surface area (Å²) in [6.07, 6.45) is 2.97. The van der Waals surface area contributed by atoms with Gasteiger partial charge in [-0.1, -0.05) is 47.8 Å². The second-order valence-corrected chi connectivity index (χ2v) is 5.48. The van der Waals surface area contributed by atoms with Gasteiger partial charge in [-0.05, 0) is 30.5 Å². The van der Waals surface area contributed by atoms with Crippen LogP contribution in [-0.2, 0) is 19.6 Å². The van der Waals surface area contributed by atoms with Crippen LogP contribution in [0.4, 0.5) is 0 Å². The Labute approximate surface area is 128 Å². The number of unbranched alkanes of at least 4 members (excludes halogenated alkanes) is 1. The second-order valence-electron chi connectivity index (χ2n) is 4.64. The van der Waals surface area contributed by atoms with E-state index in [1.54, 1.807) is 16.8 Å². The van der Waals surface area contributed by atoms with E-state index in [2.05, 4.69) is 17.2 Å². The number of halogens is 2. The summed E-state index contributed by atoms with van der Waals surface area (Å²) in [5.41, 5.74) is 2.55.